The number of ether oxygens (including phenoxy) is 1. The largest absolute Gasteiger partial charge is 0.479 e. The maximum absolute atomic E-state index is 5.04. The highest BCUT2D eigenvalue weighted by Crippen LogP contribution is 2.23. The zero-order valence-electron chi connectivity index (χ0n) is 6.34. The summed E-state index contributed by atoms with van der Waals surface area (Å²) < 4.78 is 6.05. The van der Waals surface area contributed by atoms with Crippen LogP contribution in [0.4, 0.5) is 0 Å². The standard InChI is InChI=1S/C7H6IN3O/c1-12-7-5-4(2-3-9-7)6(8)11-10-5/h2-3H,1H3,(H,10,11). The molecule has 0 aliphatic carbocycles. The molecule has 2 aromatic rings. The Hall–Kier alpha value is -0.850. The van der Waals surface area contributed by atoms with E-state index in [0.29, 0.717) is 5.88 Å². The summed E-state index contributed by atoms with van der Waals surface area (Å²) in [4.78, 5) is 4.03. The van der Waals surface area contributed by atoms with Gasteiger partial charge in [0.05, 0.1) is 7.11 Å². The van der Waals surface area contributed by atoms with Crippen molar-refractivity contribution < 1.29 is 4.74 Å². The number of pyridine rings is 1. The molecule has 5 heteroatoms. The summed E-state index contributed by atoms with van der Waals surface area (Å²) >= 11 is 2.18. The second kappa shape index (κ2) is 2.89. The highest BCUT2D eigenvalue weighted by molar-refractivity contribution is 14.1. The predicted molar refractivity (Wildman–Crippen MR) is 53.2 cm³/mol. The van der Waals surface area contributed by atoms with Crippen molar-refractivity contribution in [1.82, 2.24) is 15.2 Å². The summed E-state index contributed by atoms with van der Waals surface area (Å²) in [5, 5.41) is 7.98. The van der Waals surface area contributed by atoms with E-state index in [-0.39, 0.29) is 0 Å². The lowest BCUT2D eigenvalue weighted by molar-refractivity contribution is 0.402. The summed E-state index contributed by atoms with van der Waals surface area (Å²) in [5.41, 5.74) is 0.782. The fraction of sp³-hybridized carbons (Fsp3) is 0.143. The molecule has 2 heterocycles. The number of nitrogens with zero attached hydrogens (tertiary/aromatic N) is 2. The minimum Gasteiger partial charge on any atom is -0.479 e. The van der Waals surface area contributed by atoms with E-state index in [4.69, 9.17) is 4.74 Å². The van der Waals surface area contributed by atoms with Crippen LogP contribution in [0.5, 0.6) is 5.88 Å². The normalized spacial score (nSPS) is 10.5. The summed E-state index contributed by atoms with van der Waals surface area (Å²) in [7, 11) is 1.59. The number of fused-ring (bicyclic) bond motifs is 1. The van der Waals surface area contributed by atoms with Gasteiger partial charge in [-0.3, -0.25) is 5.10 Å². The minimum atomic E-state index is 0.562. The van der Waals surface area contributed by atoms with Crippen molar-refractivity contribution in [3.63, 3.8) is 0 Å². The molecule has 0 aliphatic heterocycles. The zero-order chi connectivity index (χ0) is 8.55. The lowest BCUT2D eigenvalue weighted by Crippen LogP contribution is -1.87. The highest BCUT2D eigenvalue weighted by Gasteiger charge is 2.07. The molecule has 0 unspecified atom stereocenters. The van der Waals surface area contributed by atoms with Gasteiger partial charge in [0.15, 0.2) is 5.52 Å². The smallest absolute Gasteiger partial charge is 0.242 e. The molecule has 0 aromatic carbocycles. The first-order valence-corrected chi connectivity index (χ1v) is 4.43. The van der Waals surface area contributed by atoms with Crippen LogP contribution in [0.1, 0.15) is 0 Å². The number of hydrogen-bond acceptors (Lipinski definition) is 3. The fourth-order valence-electron chi connectivity index (χ4n) is 1.03. The molecule has 0 saturated heterocycles. The molecule has 0 amide bonds. The Morgan fingerprint density at radius 2 is 2.42 bits per heavy atom. The summed E-state index contributed by atoms with van der Waals surface area (Å²) in [6, 6.07) is 1.91. The van der Waals surface area contributed by atoms with Crippen molar-refractivity contribution in [3.8, 4) is 5.88 Å². The van der Waals surface area contributed by atoms with Gasteiger partial charge in [-0.2, -0.15) is 5.10 Å². The summed E-state index contributed by atoms with van der Waals surface area (Å²) in [5.74, 6) is 0.562. The van der Waals surface area contributed by atoms with E-state index in [9.17, 15) is 0 Å². The van der Waals surface area contributed by atoms with Gasteiger partial charge in [0.2, 0.25) is 5.88 Å². The van der Waals surface area contributed by atoms with Gasteiger partial charge in [-0.05, 0) is 28.7 Å². The van der Waals surface area contributed by atoms with Crippen LogP contribution in [0, 0.1) is 3.70 Å². The van der Waals surface area contributed by atoms with Crippen LogP contribution in [0.25, 0.3) is 10.9 Å². The van der Waals surface area contributed by atoms with Gasteiger partial charge in [-0.25, -0.2) is 4.98 Å². The van der Waals surface area contributed by atoms with Crippen LogP contribution in [0.15, 0.2) is 12.3 Å². The molecular formula is C7H6IN3O. The summed E-state index contributed by atoms with van der Waals surface area (Å²) in [6.07, 6.45) is 1.71. The van der Waals surface area contributed by atoms with Crippen molar-refractivity contribution in [2.45, 2.75) is 0 Å². The quantitative estimate of drug-likeness (QED) is 0.804. The molecule has 4 nitrogen and oxygen atoms in total. The van der Waals surface area contributed by atoms with Gasteiger partial charge in [-0.1, -0.05) is 0 Å². The van der Waals surface area contributed by atoms with Gasteiger partial charge in [0, 0.05) is 11.6 Å². The number of methoxy groups -OCH3 is 1. The molecular weight excluding hydrogens is 269 g/mol. The molecule has 12 heavy (non-hydrogen) atoms. The highest BCUT2D eigenvalue weighted by atomic mass is 127. The van der Waals surface area contributed by atoms with Crippen LogP contribution in [0.2, 0.25) is 0 Å². The van der Waals surface area contributed by atoms with E-state index in [1.165, 1.54) is 0 Å². The maximum atomic E-state index is 5.04. The van der Waals surface area contributed by atoms with Gasteiger partial charge < -0.3 is 4.74 Å². The predicted octanol–water partition coefficient (Wildman–Crippen LogP) is 1.57. The molecule has 0 aliphatic rings. The number of hydrogen-bond donors (Lipinski definition) is 1. The van der Waals surface area contributed by atoms with E-state index in [1.807, 2.05) is 6.07 Å². The lowest BCUT2D eigenvalue weighted by Gasteiger charge is -1.96. The second-order valence-corrected chi connectivity index (χ2v) is 3.33. The molecule has 0 bridgehead atoms. The molecule has 2 aromatic heterocycles. The molecule has 0 fully saturated rings. The summed E-state index contributed by atoms with van der Waals surface area (Å²) in [6.45, 7) is 0. The molecule has 62 valence electrons. The first kappa shape index (κ1) is 7.78. The SMILES string of the molecule is COc1nccc2c(I)[nH]nc12. The second-order valence-electron chi connectivity index (χ2n) is 2.25. The van der Waals surface area contributed by atoms with Crippen LogP contribution in [-0.2, 0) is 0 Å². The Morgan fingerprint density at radius 3 is 3.17 bits per heavy atom. The molecule has 2 rings (SSSR count). The molecule has 0 spiro atoms. The molecule has 0 saturated carbocycles. The van der Waals surface area contributed by atoms with E-state index < -0.39 is 0 Å². The van der Waals surface area contributed by atoms with E-state index in [0.717, 1.165) is 14.6 Å². The monoisotopic (exact) mass is 275 g/mol. The number of nitrogens with one attached hydrogen (secondary N) is 1. The van der Waals surface area contributed by atoms with Crippen molar-refractivity contribution in [3.05, 3.63) is 16.0 Å². The maximum Gasteiger partial charge on any atom is 0.242 e. The lowest BCUT2D eigenvalue weighted by atomic mass is 10.3. The molecule has 0 radical (unpaired) electrons. The van der Waals surface area contributed by atoms with Crippen molar-refractivity contribution in [2.75, 3.05) is 7.11 Å². The van der Waals surface area contributed by atoms with Crippen LogP contribution in [-0.4, -0.2) is 22.3 Å². The number of halogens is 1. The third-order valence-electron chi connectivity index (χ3n) is 1.59. The Bertz CT molecular complexity index is 412. The number of aromatic nitrogens is 3. The van der Waals surface area contributed by atoms with E-state index in [1.54, 1.807) is 13.3 Å². The van der Waals surface area contributed by atoms with Gasteiger partial charge in [0.1, 0.15) is 3.70 Å². The van der Waals surface area contributed by atoms with Crippen LogP contribution in [0.3, 0.4) is 0 Å². The molecule has 0 atom stereocenters. The Labute approximate surface area is 82.5 Å². The zero-order valence-corrected chi connectivity index (χ0v) is 8.49. The van der Waals surface area contributed by atoms with E-state index in [2.05, 4.69) is 37.8 Å². The number of aromatic amines is 1. The molecule has 1 N–H and O–H groups in total. The van der Waals surface area contributed by atoms with Gasteiger partial charge in [-0.15, -0.1) is 0 Å². The minimum absolute atomic E-state index is 0.562. The Morgan fingerprint density at radius 1 is 1.58 bits per heavy atom. The first-order chi connectivity index (χ1) is 5.83. The van der Waals surface area contributed by atoms with Crippen molar-refractivity contribution in [2.24, 2.45) is 0 Å². The van der Waals surface area contributed by atoms with Gasteiger partial charge >= 0.3 is 0 Å². The fourth-order valence-corrected chi connectivity index (χ4v) is 1.59. The average molecular weight is 275 g/mol. The van der Waals surface area contributed by atoms with Crippen molar-refractivity contribution >= 4 is 33.5 Å². The first-order valence-electron chi connectivity index (χ1n) is 3.35. The van der Waals surface area contributed by atoms with E-state index >= 15 is 0 Å². The Balaban J connectivity index is 2.81. The topological polar surface area (TPSA) is 50.8 Å². The Kier molecular flexibility index (Phi) is 1.87. The van der Waals surface area contributed by atoms with Crippen molar-refractivity contribution in [1.29, 1.82) is 0 Å². The number of rotatable bonds is 1. The third-order valence-corrected chi connectivity index (χ3v) is 2.41. The van der Waals surface area contributed by atoms with Gasteiger partial charge in [0.25, 0.3) is 0 Å². The third kappa shape index (κ3) is 1.04. The van der Waals surface area contributed by atoms with Crippen LogP contribution >= 0.6 is 22.6 Å². The van der Waals surface area contributed by atoms with Crippen LogP contribution < -0.4 is 4.74 Å². The number of H-pyrrole nitrogens is 1. The average Bonchev–Trinajstić information content (AvgIpc) is 2.48.